The van der Waals surface area contributed by atoms with Gasteiger partial charge in [0.25, 0.3) is 0 Å². The van der Waals surface area contributed by atoms with Crippen LogP contribution in [0.5, 0.6) is 5.75 Å². The van der Waals surface area contributed by atoms with E-state index in [-0.39, 0.29) is 24.5 Å². The van der Waals surface area contributed by atoms with Crippen LogP contribution < -0.4 is 9.64 Å². The molecule has 9 rings (SSSR count). The van der Waals surface area contributed by atoms with E-state index in [1.807, 2.05) is 19.2 Å². The predicted molar refractivity (Wildman–Crippen MR) is 224 cm³/mol. The van der Waals surface area contributed by atoms with E-state index in [4.69, 9.17) is 18.9 Å². The van der Waals surface area contributed by atoms with E-state index in [1.165, 1.54) is 26.5 Å². The predicted octanol–water partition coefficient (Wildman–Crippen LogP) is 5.19. The summed E-state index contributed by atoms with van der Waals surface area (Å²) in [6.07, 6.45) is 8.96. The maximum absolute atomic E-state index is 15.3. The number of H-pyrrole nitrogens is 1. The van der Waals surface area contributed by atoms with Crippen molar-refractivity contribution in [2.45, 2.75) is 94.4 Å². The zero-order chi connectivity index (χ0) is 41.6. The van der Waals surface area contributed by atoms with E-state index in [0.29, 0.717) is 37.1 Å². The van der Waals surface area contributed by atoms with Gasteiger partial charge in [-0.2, -0.15) is 0 Å². The molecule has 3 aromatic rings. The minimum absolute atomic E-state index is 0.0351. The number of aromatic amines is 1. The van der Waals surface area contributed by atoms with Gasteiger partial charge in [-0.15, -0.1) is 0 Å². The molecule has 1 spiro atoms. The molecule has 6 aliphatic rings. The highest BCUT2D eigenvalue weighted by atomic mass is 16.6. The van der Waals surface area contributed by atoms with Crippen LogP contribution in [0.2, 0.25) is 0 Å². The molecule has 12 heteroatoms. The Bertz CT molecular complexity index is 2280. The van der Waals surface area contributed by atoms with Crippen molar-refractivity contribution in [2.75, 3.05) is 65.5 Å². The Kier molecular flexibility index (Phi) is 9.60. The largest absolute Gasteiger partial charge is 0.496 e. The molecule has 2 fully saturated rings. The van der Waals surface area contributed by atoms with Gasteiger partial charge >= 0.3 is 17.9 Å². The van der Waals surface area contributed by atoms with Crippen molar-refractivity contribution in [3.8, 4) is 5.75 Å². The summed E-state index contributed by atoms with van der Waals surface area (Å²) in [5.74, 6) is -0.846. The second-order valence-corrected chi connectivity index (χ2v) is 17.9. The summed E-state index contributed by atoms with van der Waals surface area (Å²) in [5, 5.41) is 14.6. The van der Waals surface area contributed by atoms with Crippen LogP contribution in [0.25, 0.3) is 10.9 Å². The fourth-order valence-corrected chi connectivity index (χ4v) is 13.2. The van der Waals surface area contributed by atoms with Crippen LogP contribution in [-0.2, 0) is 45.8 Å². The number of benzene rings is 2. The Morgan fingerprint density at radius 1 is 1.02 bits per heavy atom. The smallest absolute Gasteiger partial charge is 0.322 e. The Balaban J connectivity index is 1.36. The first-order valence-corrected chi connectivity index (χ1v) is 21.3. The summed E-state index contributed by atoms with van der Waals surface area (Å²) in [4.78, 5) is 51.8. The Morgan fingerprint density at radius 3 is 2.53 bits per heavy atom. The van der Waals surface area contributed by atoms with Gasteiger partial charge in [-0.1, -0.05) is 55.8 Å². The number of likely N-dealkylation sites (N-methyl/N-ethyl adjacent to an activating group) is 1. The van der Waals surface area contributed by atoms with Gasteiger partial charge in [-0.3, -0.25) is 24.2 Å². The summed E-state index contributed by atoms with van der Waals surface area (Å²) < 4.78 is 24.4. The quantitative estimate of drug-likeness (QED) is 0.177. The lowest BCUT2D eigenvalue weighted by Crippen LogP contribution is -2.80. The van der Waals surface area contributed by atoms with E-state index in [2.05, 4.69) is 76.0 Å². The van der Waals surface area contributed by atoms with E-state index >= 15 is 4.79 Å². The normalized spacial score (nSPS) is 34.3. The van der Waals surface area contributed by atoms with Crippen molar-refractivity contribution >= 4 is 34.5 Å². The molecule has 1 saturated heterocycles. The van der Waals surface area contributed by atoms with E-state index in [1.54, 1.807) is 7.11 Å². The number of methoxy groups -OCH3 is 2. The zero-order valence-electron chi connectivity index (χ0n) is 35.4. The molecule has 1 saturated carbocycles. The van der Waals surface area contributed by atoms with Gasteiger partial charge in [0.2, 0.25) is 0 Å². The Morgan fingerprint density at radius 2 is 1.81 bits per heavy atom. The van der Waals surface area contributed by atoms with Crippen LogP contribution >= 0.6 is 0 Å². The lowest BCUT2D eigenvalue weighted by Gasteiger charge is -2.64. The van der Waals surface area contributed by atoms with Crippen molar-refractivity contribution in [3.05, 3.63) is 82.6 Å². The van der Waals surface area contributed by atoms with Crippen LogP contribution in [0.1, 0.15) is 75.8 Å². The molecule has 1 unspecified atom stereocenters. The van der Waals surface area contributed by atoms with Gasteiger partial charge in [-0.25, -0.2) is 0 Å². The minimum Gasteiger partial charge on any atom is -0.496 e. The van der Waals surface area contributed by atoms with Gasteiger partial charge in [-0.05, 0) is 67.8 Å². The van der Waals surface area contributed by atoms with Crippen molar-refractivity contribution in [2.24, 2.45) is 11.3 Å². The molecule has 314 valence electrons. The average Bonchev–Trinajstić information content (AvgIpc) is 3.89. The maximum Gasteiger partial charge on any atom is 0.322 e. The van der Waals surface area contributed by atoms with E-state index in [0.717, 1.165) is 72.4 Å². The topological polar surface area (TPSA) is 134 Å². The first kappa shape index (κ1) is 39.8. The van der Waals surface area contributed by atoms with Gasteiger partial charge < -0.3 is 33.9 Å². The maximum atomic E-state index is 15.3. The Hall–Kier alpha value is -4.65. The number of nitrogens with one attached hydrogen (secondary N) is 1. The molecule has 12 nitrogen and oxygen atoms in total. The number of anilines is 1. The number of aliphatic hydroxyl groups is 1. The second-order valence-electron chi connectivity index (χ2n) is 17.9. The van der Waals surface area contributed by atoms with Crippen LogP contribution in [0, 0.1) is 11.3 Å². The molecule has 1 aromatic heterocycles. The number of ether oxygens (including phenoxy) is 4. The monoisotopic (exact) mass is 806 g/mol. The lowest BCUT2D eigenvalue weighted by molar-refractivity contribution is -0.232. The molecular formula is C47H58N4O8. The molecule has 1 aliphatic carbocycles. The zero-order valence-corrected chi connectivity index (χ0v) is 35.4. The number of carbonyl (C=O) groups is 3. The standard InChI is InChI=1S/C47H58N4O8/c1-8-30-21-31-24-46(43(54)57-7,39-33(15-19-50(25-30)26-31)32-13-10-11-14-36(32)48-39)35-22-34-37(23-38(35)56-6)49(5)41-45(34)17-20-51-18-12-16-44(9-2,40(45)51)42(59-29(4)53)47(41,55)27-58-28(3)52/h10-14,16,21-23,31,40-42,48,55H,8-9,15,17-20,24-27H2,1-7H3/t31-,40+,41+,42+,44+,45-,46-,47-/m0/s1. The van der Waals surface area contributed by atoms with Crippen LogP contribution in [0.4, 0.5) is 5.69 Å². The third-order valence-corrected chi connectivity index (χ3v) is 15.2. The highest BCUT2D eigenvalue weighted by molar-refractivity contribution is 5.94. The highest BCUT2D eigenvalue weighted by Crippen LogP contribution is 2.68. The fraction of sp³-hybridized carbons (Fsp3) is 0.553. The van der Waals surface area contributed by atoms with Crippen LogP contribution in [0.15, 0.2) is 60.2 Å². The number of para-hydroxylation sites is 1. The SMILES string of the molecule is CCC1=C[C@@H]2CN(CCc3c([nH]c4ccccc34)[C@@](C(=O)OC)(c3cc4c(cc3OC)N(C)[C@H]3[C@@](O)(COC(C)=O)[C@H](OC(C)=O)[C@]5(CC)C=CCN6CC[C@@]43[C@H]65)C2)C1. The third-order valence-electron chi connectivity index (χ3n) is 15.2. The summed E-state index contributed by atoms with van der Waals surface area (Å²) in [7, 11) is 5.08. The van der Waals surface area contributed by atoms with E-state index < -0.39 is 45.9 Å². The number of carbonyl (C=O) groups excluding carboxylic acids is 3. The second kappa shape index (κ2) is 14.2. The summed E-state index contributed by atoms with van der Waals surface area (Å²) in [6, 6.07) is 11.6. The minimum atomic E-state index is -1.84. The van der Waals surface area contributed by atoms with Gasteiger partial charge in [0.15, 0.2) is 5.60 Å². The lowest BCUT2D eigenvalue weighted by atomic mass is 9.47. The molecule has 2 aromatic carbocycles. The van der Waals surface area contributed by atoms with Gasteiger partial charge in [0.05, 0.1) is 20.3 Å². The number of hydrogen-bond donors (Lipinski definition) is 2. The number of rotatable bonds is 8. The molecule has 5 aliphatic heterocycles. The Labute approximate surface area is 346 Å². The molecule has 0 radical (unpaired) electrons. The molecule has 59 heavy (non-hydrogen) atoms. The van der Waals surface area contributed by atoms with Gasteiger partial charge in [0, 0.05) is 97.9 Å². The van der Waals surface area contributed by atoms with Crippen LogP contribution in [0.3, 0.4) is 0 Å². The summed E-state index contributed by atoms with van der Waals surface area (Å²) in [6.45, 7) is 10.6. The summed E-state index contributed by atoms with van der Waals surface area (Å²) >= 11 is 0. The molecule has 6 heterocycles. The molecule has 2 bridgehead atoms. The summed E-state index contributed by atoms with van der Waals surface area (Å²) in [5.41, 5.74) is 2.04. The average molecular weight is 807 g/mol. The van der Waals surface area contributed by atoms with Crippen molar-refractivity contribution < 1.29 is 38.4 Å². The molecular weight excluding hydrogens is 749 g/mol. The number of aromatic nitrogens is 1. The number of hydrogen-bond acceptors (Lipinski definition) is 11. The molecule has 2 N–H and O–H groups in total. The number of nitrogens with zero attached hydrogens (tertiary/aromatic N) is 3. The van der Waals surface area contributed by atoms with Crippen LogP contribution in [-0.4, -0.2) is 122 Å². The van der Waals surface area contributed by atoms with Gasteiger partial charge in [0.1, 0.15) is 23.9 Å². The third kappa shape index (κ3) is 5.47. The first-order valence-electron chi connectivity index (χ1n) is 21.3. The first-order chi connectivity index (χ1) is 28.3. The van der Waals surface area contributed by atoms with Crippen molar-refractivity contribution in [3.63, 3.8) is 0 Å². The van der Waals surface area contributed by atoms with Crippen molar-refractivity contribution in [1.29, 1.82) is 0 Å². The van der Waals surface area contributed by atoms with Crippen molar-refractivity contribution in [1.82, 2.24) is 14.8 Å². The highest BCUT2D eigenvalue weighted by Gasteiger charge is 2.78. The molecule has 0 amide bonds. The number of esters is 3. The molecule has 9 atom stereocenters. The number of fused-ring (bicyclic) bond motifs is 6. The van der Waals surface area contributed by atoms with E-state index in [9.17, 15) is 14.7 Å². The fourth-order valence-electron chi connectivity index (χ4n) is 13.2.